The van der Waals surface area contributed by atoms with Crippen molar-refractivity contribution in [3.05, 3.63) is 32.3 Å². The first-order valence-electron chi connectivity index (χ1n) is 6.07. The van der Waals surface area contributed by atoms with E-state index in [1.165, 1.54) is 11.3 Å². The van der Waals surface area contributed by atoms with Gasteiger partial charge in [-0.2, -0.15) is 4.98 Å². The first kappa shape index (κ1) is 13.3. The minimum Gasteiger partial charge on any atom is -0.332 e. The van der Waals surface area contributed by atoms with E-state index in [9.17, 15) is 0 Å². The van der Waals surface area contributed by atoms with E-state index in [1.54, 1.807) is 11.3 Å². The number of hydrogen-bond donors (Lipinski definition) is 1. The summed E-state index contributed by atoms with van der Waals surface area (Å²) in [6, 6.07) is -0.0885. The number of rotatable bonds is 4. The van der Waals surface area contributed by atoms with Crippen LogP contribution in [0.5, 0.6) is 0 Å². The van der Waals surface area contributed by atoms with Crippen molar-refractivity contribution in [3.8, 4) is 11.6 Å². The standard InChI is InChI=1S/C12H13N5OS2/c1-6-4-19-10(14-6)3-9-16-11(18-17-9)8-5-20-12(15-8)7(2)13/h4-5,7H,3,13H2,1-2H3. The molecule has 0 saturated heterocycles. The van der Waals surface area contributed by atoms with Crippen molar-refractivity contribution in [2.24, 2.45) is 5.73 Å². The van der Waals surface area contributed by atoms with Crippen LogP contribution in [-0.2, 0) is 6.42 Å². The Morgan fingerprint density at radius 3 is 2.75 bits per heavy atom. The van der Waals surface area contributed by atoms with Crippen molar-refractivity contribution in [2.45, 2.75) is 26.3 Å². The van der Waals surface area contributed by atoms with E-state index < -0.39 is 0 Å². The molecule has 0 bridgehead atoms. The Morgan fingerprint density at radius 1 is 1.25 bits per heavy atom. The van der Waals surface area contributed by atoms with Crippen LogP contribution < -0.4 is 5.73 Å². The number of aromatic nitrogens is 4. The Morgan fingerprint density at radius 2 is 2.10 bits per heavy atom. The van der Waals surface area contributed by atoms with E-state index >= 15 is 0 Å². The SMILES string of the molecule is Cc1csc(Cc2noc(-c3csc(C(C)N)n3)n2)n1. The molecule has 3 aromatic heterocycles. The molecule has 3 heterocycles. The second-order valence-corrected chi connectivity index (χ2v) is 6.27. The molecule has 0 radical (unpaired) electrons. The van der Waals surface area contributed by atoms with Crippen LogP contribution in [0.4, 0.5) is 0 Å². The Labute approximate surface area is 123 Å². The zero-order chi connectivity index (χ0) is 14.1. The molecule has 1 unspecified atom stereocenters. The van der Waals surface area contributed by atoms with Gasteiger partial charge in [0, 0.05) is 16.5 Å². The predicted octanol–water partition coefficient (Wildman–Crippen LogP) is 2.57. The number of thiazole rings is 2. The van der Waals surface area contributed by atoms with Gasteiger partial charge in [0.1, 0.15) is 15.7 Å². The van der Waals surface area contributed by atoms with Crippen molar-refractivity contribution in [2.75, 3.05) is 0 Å². The molecule has 6 nitrogen and oxygen atoms in total. The Balaban J connectivity index is 1.78. The lowest BCUT2D eigenvalue weighted by molar-refractivity contribution is 0.422. The number of aryl methyl sites for hydroxylation is 1. The maximum absolute atomic E-state index is 5.79. The highest BCUT2D eigenvalue weighted by Gasteiger charge is 2.15. The third-order valence-corrected chi connectivity index (χ3v) is 4.59. The van der Waals surface area contributed by atoms with Gasteiger partial charge >= 0.3 is 0 Å². The van der Waals surface area contributed by atoms with Gasteiger partial charge in [0.2, 0.25) is 0 Å². The van der Waals surface area contributed by atoms with E-state index in [0.717, 1.165) is 15.7 Å². The summed E-state index contributed by atoms with van der Waals surface area (Å²) in [7, 11) is 0. The second-order valence-electron chi connectivity index (χ2n) is 4.43. The maximum atomic E-state index is 5.79. The molecule has 0 spiro atoms. The Bertz CT molecular complexity index is 715. The molecule has 0 aliphatic carbocycles. The van der Waals surface area contributed by atoms with Crippen molar-refractivity contribution in [1.29, 1.82) is 0 Å². The summed E-state index contributed by atoms with van der Waals surface area (Å²) in [5.41, 5.74) is 7.48. The molecule has 20 heavy (non-hydrogen) atoms. The van der Waals surface area contributed by atoms with Crippen molar-refractivity contribution >= 4 is 22.7 Å². The van der Waals surface area contributed by atoms with E-state index in [4.69, 9.17) is 10.3 Å². The predicted molar refractivity (Wildman–Crippen MR) is 77.7 cm³/mol. The Hall–Kier alpha value is -1.64. The molecule has 1 atom stereocenters. The van der Waals surface area contributed by atoms with Gasteiger partial charge in [-0.25, -0.2) is 9.97 Å². The highest BCUT2D eigenvalue weighted by molar-refractivity contribution is 7.10. The lowest BCUT2D eigenvalue weighted by Gasteiger charge is -1.95. The smallest absolute Gasteiger partial charge is 0.277 e. The molecular weight excluding hydrogens is 294 g/mol. The third-order valence-electron chi connectivity index (χ3n) is 2.57. The molecule has 104 valence electrons. The van der Waals surface area contributed by atoms with Crippen LogP contribution >= 0.6 is 22.7 Å². The van der Waals surface area contributed by atoms with E-state index in [0.29, 0.717) is 23.8 Å². The van der Waals surface area contributed by atoms with Crippen molar-refractivity contribution in [3.63, 3.8) is 0 Å². The molecule has 0 aliphatic heterocycles. The number of nitrogens with two attached hydrogens (primary N) is 1. The first-order valence-corrected chi connectivity index (χ1v) is 7.82. The monoisotopic (exact) mass is 307 g/mol. The summed E-state index contributed by atoms with van der Waals surface area (Å²) >= 11 is 3.09. The fourth-order valence-corrected chi connectivity index (χ4v) is 3.16. The van der Waals surface area contributed by atoms with Crippen LogP contribution in [0.2, 0.25) is 0 Å². The van der Waals surface area contributed by atoms with E-state index in [1.807, 2.05) is 24.6 Å². The van der Waals surface area contributed by atoms with Gasteiger partial charge in [-0.15, -0.1) is 22.7 Å². The summed E-state index contributed by atoms with van der Waals surface area (Å²) in [6.45, 7) is 3.86. The molecule has 0 fully saturated rings. The average Bonchev–Trinajstić information content (AvgIpc) is 3.10. The first-order chi connectivity index (χ1) is 9.61. The molecule has 3 rings (SSSR count). The minimum atomic E-state index is -0.0885. The van der Waals surface area contributed by atoms with E-state index in [2.05, 4.69) is 20.1 Å². The zero-order valence-corrected chi connectivity index (χ0v) is 12.7. The summed E-state index contributed by atoms with van der Waals surface area (Å²) in [5.74, 6) is 1.04. The molecule has 2 N–H and O–H groups in total. The normalized spacial score (nSPS) is 12.8. The molecule has 0 aromatic carbocycles. The number of hydrogen-bond acceptors (Lipinski definition) is 8. The quantitative estimate of drug-likeness (QED) is 0.796. The van der Waals surface area contributed by atoms with Gasteiger partial charge < -0.3 is 10.3 Å². The zero-order valence-electron chi connectivity index (χ0n) is 11.0. The van der Waals surface area contributed by atoms with Gasteiger partial charge in [-0.3, -0.25) is 0 Å². The van der Waals surface area contributed by atoms with Gasteiger partial charge in [0.05, 0.1) is 12.5 Å². The van der Waals surface area contributed by atoms with Crippen LogP contribution in [-0.4, -0.2) is 20.1 Å². The van der Waals surface area contributed by atoms with Crippen LogP contribution in [0.25, 0.3) is 11.6 Å². The second kappa shape index (κ2) is 5.39. The molecule has 8 heteroatoms. The van der Waals surface area contributed by atoms with Crippen LogP contribution in [0.1, 0.15) is 34.5 Å². The fourth-order valence-electron chi connectivity index (χ4n) is 1.64. The van der Waals surface area contributed by atoms with Crippen LogP contribution in [0, 0.1) is 6.92 Å². The maximum Gasteiger partial charge on any atom is 0.277 e. The molecule has 0 amide bonds. The number of nitrogens with zero attached hydrogens (tertiary/aromatic N) is 4. The summed E-state index contributed by atoms with van der Waals surface area (Å²) in [5, 5.41) is 9.68. The molecule has 0 aliphatic rings. The summed E-state index contributed by atoms with van der Waals surface area (Å²) < 4.78 is 5.24. The highest BCUT2D eigenvalue weighted by Crippen LogP contribution is 2.23. The topological polar surface area (TPSA) is 90.7 Å². The van der Waals surface area contributed by atoms with E-state index in [-0.39, 0.29) is 6.04 Å². The van der Waals surface area contributed by atoms with Crippen LogP contribution in [0.3, 0.4) is 0 Å². The van der Waals surface area contributed by atoms with Gasteiger partial charge in [0.15, 0.2) is 5.82 Å². The van der Waals surface area contributed by atoms with Gasteiger partial charge in [0.25, 0.3) is 5.89 Å². The molecular formula is C12H13N5OS2. The average molecular weight is 307 g/mol. The summed E-state index contributed by atoms with van der Waals surface area (Å²) in [6.07, 6.45) is 0.576. The van der Waals surface area contributed by atoms with Gasteiger partial charge in [-0.1, -0.05) is 5.16 Å². The fraction of sp³-hybridized carbons (Fsp3) is 0.333. The largest absolute Gasteiger partial charge is 0.332 e. The Kier molecular flexibility index (Phi) is 3.60. The molecule has 0 saturated carbocycles. The van der Waals surface area contributed by atoms with Crippen LogP contribution in [0.15, 0.2) is 15.3 Å². The minimum absolute atomic E-state index is 0.0885. The van der Waals surface area contributed by atoms with Gasteiger partial charge in [-0.05, 0) is 13.8 Å². The molecule has 3 aromatic rings. The highest BCUT2D eigenvalue weighted by atomic mass is 32.1. The van der Waals surface area contributed by atoms with Crippen molar-refractivity contribution < 1.29 is 4.52 Å². The lowest BCUT2D eigenvalue weighted by Crippen LogP contribution is -2.03. The third kappa shape index (κ3) is 2.77. The lowest BCUT2D eigenvalue weighted by atomic mass is 10.4. The summed E-state index contributed by atoms with van der Waals surface area (Å²) in [4.78, 5) is 13.1. The van der Waals surface area contributed by atoms with Crippen molar-refractivity contribution in [1.82, 2.24) is 20.1 Å².